The van der Waals surface area contributed by atoms with Gasteiger partial charge >= 0.3 is 0 Å². The summed E-state index contributed by atoms with van der Waals surface area (Å²) in [7, 11) is 4.05. The SMILES string of the molecule is CN(C)CCCC(=O)N1CCOCC1. The highest BCUT2D eigenvalue weighted by Gasteiger charge is 2.15. The van der Waals surface area contributed by atoms with Crippen LogP contribution in [0.25, 0.3) is 0 Å². The van der Waals surface area contributed by atoms with Crippen molar-refractivity contribution in [3.05, 3.63) is 0 Å². The van der Waals surface area contributed by atoms with Gasteiger partial charge in [-0.25, -0.2) is 0 Å². The molecule has 1 heterocycles. The van der Waals surface area contributed by atoms with E-state index in [0.717, 1.165) is 26.1 Å². The van der Waals surface area contributed by atoms with Gasteiger partial charge in [0.05, 0.1) is 13.2 Å². The van der Waals surface area contributed by atoms with E-state index < -0.39 is 0 Å². The van der Waals surface area contributed by atoms with Crippen molar-refractivity contribution < 1.29 is 9.53 Å². The molecule has 1 aliphatic heterocycles. The van der Waals surface area contributed by atoms with Gasteiger partial charge in [-0.1, -0.05) is 0 Å². The third-order valence-corrected chi connectivity index (χ3v) is 2.36. The van der Waals surface area contributed by atoms with Crippen molar-refractivity contribution >= 4 is 5.91 Å². The monoisotopic (exact) mass is 200 g/mol. The first-order valence-electron chi connectivity index (χ1n) is 5.20. The van der Waals surface area contributed by atoms with E-state index in [1.807, 2.05) is 19.0 Å². The summed E-state index contributed by atoms with van der Waals surface area (Å²) in [4.78, 5) is 15.6. The molecule has 0 aliphatic carbocycles. The van der Waals surface area contributed by atoms with E-state index in [9.17, 15) is 4.79 Å². The Bertz CT molecular complexity index is 177. The van der Waals surface area contributed by atoms with Gasteiger partial charge in [0.15, 0.2) is 0 Å². The van der Waals surface area contributed by atoms with E-state index in [-0.39, 0.29) is 5.91 Å². The molecule has 4 nitrogen and oxygen atoms in total. The molecule has 0 saturated carbocycles. The van der Waals surface area contributed by atoms with Crippen molar-refractivity contribution in [2.75, 3.05) is 46.9 Å². The third-order valence-electron chi connectivity index (χ3n) is 2.36. The number of amides is 1. The van der Waals surface area contributed by atoms with Crippen LogP contribution in [0.3, 0.4) is 0 Å². The topological polar surface area (TPSA) is 32.8 Å². The maximum absolute atomic E-state index is 11.6. The molecule has 0 unspecified atom stereocenters. The lowest BCUT2D eigenvalue weighted by molar-refractivity contribution is -0.135. The van der Waals surface area contributed by atoms with E-state index in [0.29, 0.717) is 19.6 Å². The van der Waals surface area contributed by atoms with Gasteiger partial charge in [0.2, 0.25) is 5.91 Å². The second-order valence-corrected chi connectivity index (χ2v) is 3.90. The Balaban J connectivity index is 2.13. The highest BCUT2D eigenvalue weighted by Crippen LogP contribution is 2.02. The summed E-state index contributed by atoms with van der Waals surface area (Å²) in [6, 6.07) is 0. The Kier molecular flexibility index (Phi) is 4.90. The lowest BCUT2D eigenvalue weighted by Gasteiger charge is -2.27. The van der Waals surface area contributed by atoms with Crippen molar-refractivity contribution in [1.29, 1.82) is 0 Å². The van der Waals surface area contributed by atoms with E-state index in [4.69, 9.17) is 4.74 Å². The zero-order chi connectivity index (χ0) is 10.4. The Hall–Kier alpha value is -0.610. The van der Waals surface area contributed by atoms with Crippen molar-refractivity contribution in [2.45, 2.75) is 12.8 Å². The Morgan fingerprint density at radius 2 is 2.00 bits per heavy atom. The predicted octanol–water partition coefficient (Wildman–Crippen LogP) is 0.187. The van der Waals surface area contributed by atoms with Crippen molar-refractivity contribution in [3.8, 4) is 0 Å². The second-order valence-electron chi connectivity index (χ2n) is 3.90. The van der Waals surface area contributed by atoms with Crippen LogP contribution >= 0.6 is 0 Å². The molecule has 14 heavy (non-hydrogen) atoms. The molecule has 0 N–H and O–H groups in total. The van der Waals surface area contributed by atoms with Crippen LogP contribution in [0, 0.1) is 0 Å². The minimum atomic E-state index is 0.273. The molecule has 0 aromatic rings. The van der Waals surface area contributed by atoms with Gasteiger partial charge in [-0.2, -0.15) is 0 Å². The molecule has 1 fully saturated rings. The second kappa shape index (κ2) is 5.98. The van der Waals surface area contributed by atoms with Crippen LogP contribution in [0.15, 0.2) is 0 Å². The van der Waals surface area contributed by atoms with Gasteiger partial charge < -0.3 is 14.5 Å². The van der Waals surface area contributed by atoms with Crippen LogP contribution in [0.5, 0.6) is 0 Å². The van der Waals surface area contributed by atoms with Crippen LogP contribution in [0.4, 0.5) is 0 Å². The number of rotatable bonds is 4. The maximum Gasteiger partial charge on any atom is 0.222 e. The summed E-state index contributed by atoms with van der Waals surface area (Å²) >= 11 is 0. The molecule has 0 radical (unpaired) electrons. The molecule has 0 bridgehead atoms. The lowest BCUT2D eigenvalue weighted by Crippen LogP contribution is -2.40. The third kappa shape index (κ3) is 4.07. The minimum absolute atomic E-state index is 0.273. The number of morpholine rings is 1. The summed E-state index contributed by atoms with van der Waals surface area (Å²) in [5.41, 5.74) is 0. The molecule has 0 spiro atoms. The first-order valence-corrected chi connectivity index (χ1v) is 5.20. The molecule has 1 saturated heterocycles. The standard InChI is InChI=1S/C10H20N2O2/c1-11(2)5-3-4-10(13)12-6-8-14-9-7-12/h3-9H2,1-2H3. The van der Waals surface area contributed by atoms with Crippen molar-refractivity contribution in [1.82, 2.24) is 9.80 Å². The number of hydrogen-bond acceptors (Lipinski definition) is 3. The number of hydrogen-bond donors (Lipinski definition) is 0. The molecule has 0 atom stereocenters. The summed E-state index contributed by atoms with van der Waals surface area (Å²) in [6.07, 6.45) is 1.61. The Morgan fingerprint density at radius 3 is 2.57 bits per heavy atom. The lowest BCUT2D eigenvalue weighted by atomic mass is 10.2. The number of nitrogens with zero attached hydrogens (tertiary/aromatic N) is 2. The molecule has 1 aliphatic rings. The highest BCUT2D eigenvalue weighted by molar-refractivity contribution is 5.76. The van der Waals surface area contributed by atoms with Crippen molar-refractivity contribution in [3.63, 3.8) is 0 Å². The normalized spacial score (nSPS) is 17.5. The molecular weight excluding hydrogens is 180 g/mol. The van der Waals surface area contributed by atoms with E-state index >= 15 is 0 Å². The molecule has 0 aromatic heterocycles. The fraction of sp³-hybridized carbons (Fsp3) is 0.900. The number of ether oxygens (including phenoxy) is 1. The summed E-state index contributed by atoms with van der Waals surface area (Å²) in [6.45, 7) is 3.90. The van der Waals surface area contributed by atoms with Gasteiger partial charge in [-0.15, -0.1) is 0 Å². The Morgan fingerprint density at radius 1 is 1.36 bits per heavy atom. The van der Waals surface area contributed by atoms with Crippen LogP contribution in [-0.4, -0.2) is 62.7 Å². The summed E-state index contributed by atoms with van der Waals surface area (Å²) in [5, 5.41) is 0. The van der Waals surface area contributed by atoms with Crippen LogP contribution in [0.1, 0.15) is 12.8 Å². The van der Waals surface area contributed by atoms with E-state index in [1.165, 1.54) is 0 Å². The molecule has 1 rings (SSSR count). The smallest absolute Gasteiger partial charge is 0.222 e. The summed E-state index contributed by atoms with van der Waals surface area (Å²) in [5.74, 6) is 0.273. The van der Waals surface area contributed by atoms with Gasteiger partial charge in [0, 0.05) is 19.5 Å². The van der Waals surface area contributed by atoms with Gasteiger partial charge in [-0.05, 0) is 27.1 Å². The fourth-order valence-corrected chi connectivity index (χ4v) is 1.52. The Labute approximate surface area is 85.8 Å². The number of carbonyl (C=O) groups is 1. The first-order chi connectivity index (χ1) is 6.70. The van der Waals surface area contributed by atoms with Crippen LogP contribution < -0.4 is 0 Å². The van der Waals surface area contributed by atoms with E-state index in [1.54, 1.807) is 0 Å². The highest BCUT2D eigenvalue weighted by atomic mass is 16.5. The quantitative estimate of drug-likeness (QED) is 0.649. The zero-order valence-electron chi connectivity index (χ0n) is 9.16. The van der Waals surface area contributed by atoms with E-state index in [2.05, 4.69) is 4.90 Å². The average molecular weight is 200 g/mol. The van der Waals surface area contributed by atoms with Crippen LogP contribution in [-0.2, 0) is 9.53 Å². The number of carbonyl (C=O) groups excluding carboxylic acids is 1. The van der Waals surface area contributed by atoms with Crippen molar-refractivity contribution in [2.24, 2.45) is 0 Å². The molecule has 82 valence electrons. The largest absolute Gasteiger partial charge is 0.378 e. The molecule has 0 aromatic carbocycles. The maximum atomic E-state index is 11.6. The van der Waals surface area contributed by atoms with Gasteiger partial charge in [0.1, 0.15) is 0 Å². The fourth-order valence-electron chi connectivity index (χ4n) is 1.52. The first kappa shape index (κ1) is 11.5. The molecular formula is C10H20N2O2. The van der Waals surface area contributed by atoms with Crippen LogP contribution in [0.2, 0.25) is 0 Å². The van der Waals surface area contributed by atoms with Gasteiger partial charge in [0.25, 0.3) is 0 Å². The average Bonchev–Trinajstić information content (AvgIpc) is 2.18. The molecule has 1 amide bonds. The zero-order valence-corrected chi connectivity index (χ0v) is 9.16. The minimum Gasteiger partial charge on any atom is -0.378 e. The van der Waals surface area contributed by atoms with Gasteiger partial charge in [-0.3, -0.25) is 4.79 Å². The molecule has 4 heteroatoms. The predicted molar refractivity (Wildman–Crippen MR) is 55.2 cm³/mol. The summed E-state index contributed by atoms with van der Waals surface area (Å²) < 4.78 is 5.19.